The molecule has 1 atom stereocenters. The molecule has 0 aliphatic carbocycles. The van der Waals surface area contributed by atoms with E-state index in [0.717, 1.165) is 16.2 Å². The van der Waals surface area contributed by atoms with Gasteiger partial charge in [0.15, 0.2) is 0 Å². The summed E-state index contributed by atoms with van der Waals surface area (Å²) in [4.78, 5) is 66.5. The van der Waals surface area contributed by atoms with Gasteiger partial charge in [0.05, 0.1) is 42.1 Å². The van der Waals surface area contributed by atoms with Crippen molar-refractivity contribution in [3.63, 3.8) is 0 Å². The second-order valence-corrected chi connectivity index (χ2v) is 10.4. The number of hydrogen-bond donors (Lipinski definition) is 1. The van der Waals surface area contributed by atoms with Gasteiger partial charge in [-0.3, -0.25) is 29.0 Å². The highest BCUT2D eigenvalue weighted by atomic mass is 35.5. The number of ether oxygens (including phenoxy) is 3. The van der Waals surface area contributed by atoms with Gasteiger partial charge in [-0.2, -0.15) is 0 Å². The van der Waals surface area contributed by atoms with Crippen LogP contribution in [0.15, 0.2) is 36.4 Å². The molecule has 2 aliphatic rings. The number of nitrogens with two attached hydrogens (primary N) is 1. The van der Waals surface area contributed by atoms with Gasteiger partial charge in [-0.05, 0) is 42.8 Å². The molecule has 0 radical (unpaired) electrons. The Labute approximate surface area is 233 Å². The standard InChI is InChI=1S/C25H27ClN4O8S/c26-20-8-7-19(39-20)24(34)30(21(31)2-1-10-37-23(33)12-27)14-18-13-29(25(35)38-18)17-5-3-16(4-6-17)28-9-11-36-15-22(28)32/h3-8,18H,1-2,9-15,27H2/t18-/m1/s1. The average Bonchev–Trinajstić information content (AvgIpc) is 3.54. The first-order valence-corrected chi connectivity index (χ1v) is 13.4. The number of nitrogens with zero attached hydrogens (tertiary/aromatic N) is 3. The SMILES string of the molecule is NCC(=O)OCCCC(=O)N(C[C@H]1CN(c2ccc(N3CCOCC3=O)cc2)C(=O)O1)C(=O)c1ccc(Cl)s1. The van der Waals surface area contributed by atoms with E-state index in [1.807, 2.05) is 0 Å². The lowest BCUT2D eigenvalue weighted by Crippen LogP contribution is -2.43. The zero-order valence-electron chi connectivity index (χ0n) is 20.9. The van der Waals surface area contributed by atoms with Gasteiger partial charge in [-0.1, -0.05) is 11.6 Å². The zero-order valence-corrected chi connectivity index (χ0v) is 22.4. The molecule has 208 valence electrons. The molecule has 1 aromatic carbocycles. The second kappa shape index (κ2) is 13.0. The number of rotatable bonds is 10. The van der Waals surface area contributed by atoms with Crippen LogP contribution >= 0.6 is 22.9 Å². The predicted molar refractivity (Wildman–Crippen MR) is 142 cm³/mol. The van der Waals surface area contributed by atoms with Crippen LogP contribution in [0.2, 0.25) is 4.34 Å². The van der Waals surface area contributed by atoms with Crippen molar-refractivity contribution in [1.29, 1.82) is 0 Å². The molecule has 2 aliphatic heterocycles. The van der Waals surface area contributed by atoms with Crippen LogP contribution in [-0.2, 0) is 28.6 Å². The highest BCUT2D eigenvalue weighted by molar-refractivity contribution is 7.18. The smallest absolute Gasteiger partial charge is 0.414 e. The van der Waals surface area contributed by atoms with Crippen LogP contribution in [0, 0.1) is 0 Å². The van der Waals surface area contributed by atoms with Gasteiger partial charge < -0.3 is 24.8 Å². The third-order valence-corrected chi connectivity index (χ3v) is 7.23. The van der Waals surface area contributed by atoms with Crippen LogP contribution in [-0.4, -0.2) is 86.8 Å². The van der Waals surface area contributed by atoms with Gasteiger partial charge in [0.2, 0.25) is 5.91 Å². The molecule has 12 nitrogen and oxygen atoms in total. The van der Waals surface area contributed by atoms with E-state index in [2.05, 4.69) is 0 Å². The topological polar surface area (TPSA) is 149 Å². The molecule has 0 spiro atoms. The molecule has 2 N–H and O–H groups in total. The number of carbonyl (C=O) groups excluding carboxylic acids is 5. The first-order chi connectivity index (χ1) is 18.8. The summed E-state index contributed by atoms with van der Waals surface area (Å²) in [5.41, 5.74) is 6.43. The summed E-state index contributed by atoms with van der Waals surface area (Å²) in [5, 5.41) is 0. The van der Waals surface area contributed by atoms with Crippen LogP contribution in [0.5, 0.6) is 0 Å². The Kier molecular flexibility index (Phi) is 9.51. The third kappa shape index (κ3) is 7.12. The van der Waals surface area contributed by atoms with E-state index in [1.54, 1.807) is 35.2 Å². The Balaban J connectivity index is 1.42. The number of cyclic esters (lactones) is 1. The van der Waals surface area contributed by atoms with Crippen molar-refractivity contribution < 1.29 is 38.2 Å². The molecule has 2 aromatic rings. The first-order valence-electron chi connectivity index (χ1n) is 12.2. The van der Waals surface area contributed by atoms with E-state index < -0.39 is 30.0 Å². The van der Waals surface area contributed by atoms with Crippen molar-refractivity contribution in [2.45, 2.75) is 18.9 Å². The summed E-state index contributed by atoms with van der Waals surface area (Å²) in [6.45, 7) is 0.546. The molecular formula is C25H27ClN4O8S. The Morgan fingerprint density at radius 3 is 2.46 bits per heavy atom. The number of morpholine rings is 1. The van der Waals surface area contributed by atoms with Gasteiger partial charge in [-0.15, -0.1) is 11.3 Å². The Morgan fingerprint density at radius 2 is 1.82 bits per heavy atom. The largest absolute Gasteiger partial charge is 0.465 e. The molecule has 4 rings (SSSR count). The molecule has 1 aromatic heterocycles. The van der Waals surface area contributed by atoms with Crippen LogP contribution in [0.3, 0.4) is 0 Å². The lowest BCUT2D eigenvalue weighted by Gasteiger charge is -2.27. The van der Waals surface area contributed by atoms with E-state index in [1.165, 1.54) is 11.0 Å². The predicted octanol–water partition coefficient (Wildman–Crippen LogP) is 2.04. The molecule has 0 saturated carbocycles. The lowest BCUT2D eigenvalue weighted by molar-refractivity contribution is -0.142. The fourth-order valence-electron chi connectivity index (χ4n) is 4.10. The zero-order chi connectivity index (χ0) is 27.9. The van der Waals surface area contributed by atoms with E-state index in [4.69, 9.17) is 31.5 Å². The summed E-state index contributed by atoms with van der Waals surface area (Å²) in [6, 6.07) is 9.94. The van der Waals surface area contributed by atoms with Crippen LogP contribution in [0.4, 0.5) is 16.2 Å². The molecule has 0 unspecified atom stereocenters. The van der Waals surface area contributed by atoms with Crippen molar-refractivity contribution in [3.8, 4) is 0 Å². The summed E-state index contributed by atoms with van der Waals surface area (Å²) < 4.78 is 15.9. The number of benzene rings is 1. The second-order valence-electron chi connectivity index (χ2n) is 8.67. The monoisotopic (exact) mass is 578 g/mol. The minimum absolute atomic E-state index is 0.0202. The highest BCUT2D eigenvalue weighted by Gasteiger charge is 2.36. The number of anilines is 2. The van der Waals surface area contributed by atoms with E-state index >= 15 is 0 Å². The third-order valence-electron chi connectivity index (χ3n) is 6.01. The maximum absolute atomic E-state index is 13.2. The minimum atomic E-state index is -0.781. The van der Waals surface area contributed by atoms with Crippen LogP contribution < -0.4 is 15.5 Å². The van der Waals surface area contributed by atoms with Gasteiger partial charge in [-0.25, -0.2) is 4.79 Å². The molecule has 4 amide bonds. The van der Waals surface area contributed by atoms with Crippen molar-refractivity contribution in [2.75, 3.05) is 55.8 Å². The van der Waals surface area contributed by atoms with Crippen molar-refractivity contribution in [1.82, 2.24) is 4.90 Å². The van der Waals surface area contributed by atoms with E-state index in [0.29, 0.717) is 28.9 Å². The number of imide groups is 1. The van der Waals surface area contributed by atoms with Crippen molar-refractivity contribution >= 4 is 64.1 Å². The molecular weight excluding hydrogens is 552 g/mol. The maximum atomic E-state index is 13.2. The molecule has 2 fully saturated rings. The van der Waals surface area contributed by atoms with Crippen molar-refractivity contribution in [2.24, 2.45) is 5.73 Å². The molecule has 2 saturated heterocycles. The lowest BCUT2D eigenvalue weighted by atomic mass is 10.2. The number of hydrogen-bond acceptors (Lipinski definition) is 10. The average molecular weight is 579 g/mol. The number of carbonyl (C=O) groups is 5. The number of amides is 4. The molecule has 3 heterocycles. The van der Waals surface area contributed by atoms with Crippen LogP contribution in [0.25, 0.3) is 0 Å². The number of esters is 1. The number of halogens is 1. The van der Waals surface area contributed by atoms with E-state index in [-0.39, 0.29) is 56.5 Å². The quantitative estimate of drug-likeness (QED) is 0.330. The Hall–Kier alpha value is -3.52. The Bertz CT molecular complexity index is 1240. The molecule has 39 heavy (non-hydrogen) atoms. The van der Waals surface area contributed by atoms with Gasteiger partial charge in [0.25, 0.3) is 11.8 Å². The molecule has 14 heteroatoms. The van der Waals surface area contributed by atoms with Gasteiger partial charge in [0, 0.05) is 24.3 Å². The fourth-order valence-corrected chi connectivity index (χ4v) is 5.09. The summed E-state index contributed by atoms with van der Waals surface area (Å²) >= 11 is 7.01. The van der Waals surface area contributed by atoms with Gasteiger partial charge in [0.1, 0.15) is 12.7 Å². The fraction of sp³-hybridized carbons (Fsp3) is 0.400. The summed E-state index contributed by atoms with van der Waals surface area (Å²) in [5.74, 6) is -1.81. The first kappa shape index (κ1) is 28.5. The minimum Gasteiger partial charge on any atom is -0.465 e. The Morgan fingerprint density at radius 1 is 1.10 bits per heavy atom. The number of thiophene rings is 1. The maximum Gasteiger partial charge on any atom is 0.414 e. The van der Waals surface area contributed by atoms with E-state index in [9.17, 15) is 24.0 Å². The highest BCUT2D eigenvalue weighted by Crippen LogP contribution is 2.27. The molecule has 0 bridgehead atoms. The van der Waals surface area contributed by atoms with Gasteiger partial charge >= 0.3 is 12.1 Å². The van der Waals surface area contributed by atoms with Crippen molar-refractivity contribution in [3.05, 3.63) is 45.6 Å². The summed E-state index contributed by atoms with van der Waals surface area (Å²) in [6.07, 6.45) is -1.29. The normalized spacial score (nSPS) is 17.2. The summed E-state index contributed by atoms with van der Waals surface area (Å²) in [7, 11) is 0. The van der Waals surface area contributed by atoms with Crippen LogP contribution in [0.1, 0.15) is 22.5 Å².